The standard InChI is InChI=1S/C16H34N2O3/c1-4-8-17-13-15-6-7-16(21-15)14-18(10-12-20-3)9-5-11-19-2/h15-17H,4-14H2,1-3H3. The molecule has 0 aromatic carbocycles. The van der Waals surface area contributed by atoms with Crippen molar-refractivity contribution in [3.63, 3.8) is 0 Å². The zero-order valence-corrected chi connectivity index (χ0v) is 14.1. The lowest BCUT2D eigenvalue weighted by molar-refractivity contribution is 0.0172. The van der Waals surface area contributed by atoms with Gasteiger partial charge in [0.2, 0.25) is 0 Å². The van der Waals surface area contributed by atoms with Crippen molar-refractivity contribution in [3.05, 3.63) is 0 Å². The predicted molar refractivity (Wildman–Crippen MR) is 85.9 cm³/mol. The predicted octanol–water partition coefficient (Wildman–Crippen LogP) is 1.52. The summed E-state index contributed by atoms with van der Waals surface area (Å²) in [5.74, 6) is 0. The Kier molecular flexibility index (Phi) is 11.1. The SMILES string of the molecule is CCCNCC1CCC(CN(CCCOC)CCOC)O1. The highest BCUT2D eigenvalue weighted by Crippen LogP contribution is 2.20. The summed E-state index contributed by atoms with van der Waals surface area (Å²) >= 11 is 0. The quantitative estimate of drug-likeness (QED) is 0.523. The molecule has 0 aromatic heterocycles. The highest BCUT2D eigenvalue weighted by atomic mass is 16.5. The van der Waals surface area contributed by atoms with Gasteiger partial charge in [0.1, 0.15) is 0 Å². The summed E-state index contributed by atoms with van der Waals surface area (Å²) in [7, 11) is 3.52. The minimum Gasteiger partial charge on any atom is -0.385 e. The van der Waals surface area contributed by atoms with E-state index in [4.69, 9.17) is 14.2 Å². The number of ether oxygens (including phenoxy) is 3. The van der Waals surface area contributed by atoms with Crippen LogP contribution in [-0.4, -0.2) is 77.3 Å². The summed E-state index contributed by atoms with van der Waals surface area (Å²) in [5, 5.41) is 3.45. The van der Waals surface area contributed by atoms with Crippen LogP contribution < -0.4 is 5.32 Å². The van der Waals surface area contributed by atoms with Gasteiger partial charge < -0.3 is 19.5 Å². The second-order valence-electron chi connectivity index (χ2n) is 5.80. The van der Waals surface area contributed by atoms with E-state index in [1.807, 2.05) is 0 Å². The molecular formula is C16H34N2O3. The van der Waals surface area contributed by atoms with E-state index in [-0.39, 0.29) is 0 Å². The topological polar surface area (TPSA) is 43.0 Å². The molecule has 0 aromatic rings. The van der Waals surface area contributed by atoms with Crippen molar-refractivity contribution in [2.75, 3.05) is 60.2 Å². The van der Waals surface area contributed by atoms with E-state index in [1.54, 1.807) is 14.2 Å². The maximum atomic E-state index is 6.15. The molecule has 0 spiro atoms. The molecule has 1 heterocycles. The van der Waals surface area contributed by atoms with Gasteiger partial charge in [0.15, 0.2) is 0 Å². The van der Waals surface area contributed by atoms with Crippen LogP contribution in [0.25, 0.3) is 0 Å². The van der Waals surface area contributed by atoms with Gasteiger partial charge in [-0.15, -0.1) is 0 Å². The largest absolute Gasteiger partial charge is 0.385 e. The Bertz CT molecular complexity index is 242. The van der Waals surface area contributed by atoms with E-state index >= 15 is 0 Å². The van der Waals surface area contributed by atoms with E-state index in [2.05, 4.69) is 17.1 Å². The molecule has 0 aliphatic carbocycles. The van der Waals surface area contributed by atoms with Gasteiger partial charge in [0.05, 0.1) is 18.8 Å². The lowest BCUT2D eigenvalue weighted by Gasteiger charge is -2.25. The first-order chi connectivity index (χ1) is 10.3. The van der Waals surface area contributed by atoms with Crippen molar-refractivity contribution >= 4 is 0 Å². The molecule has 1 rings (SSSR count). The van der Waals surface area contributed by atoms with E-state index in [0.717, 1.165) is 52.4 Å². The number of methoxy groups -OCH3 is 2. The fourth-order valence-corrected chi connectivity index (χ4v) is 2.74. The van der Waals surface area contributed by atoms with Gasteiger partial charge >= 0.3 is 0 Å². The molecule has 1 N–H and O–H groups in total. The fourth-order valence-electron chi connectivity index (χ4n) is 2.74. The minimum atomic E-state index is 0.373. The molecule has 0 amide bonds. The van der Waals surface area contributed by atoms with Gasteiger partial charge in [-0.25, -0.2) is 0 Å². The van der Waals surface area contributed by atoms with Gasteiger partial charge in [-0.05, 0) is 32.2 Å². The zero-order valence-electron chi connectivity index (χ0n) is 14.1. The van der Waals surface area contributed by atoms with E-state index in [1.165, 1.54) is 19.3 Å². The number of hydrogen-bond donors (Lipinski definition) is 1. The minimum absolute atomic E-state index is 0.373. The molecule has 0 saturated carbocycles. The molecule has 2 atom stereocenters. The summed E-state index contributed by atoms with van der Waals surface area (Å²) in [6.07, 6.45) is 5.36. The molecule has 5 heteroatoms. The van der Waals surface area contributed by atoms with Gasteiger partial charge in [-0.2, -0.15) is 0 Å². The van der Waals surface area contributed by atoms with Crippen LogP contribution in [0.5, 0.6) is 0 Å². The third-order valence-corrected chi connectivity index (χ3v) is 3.89. The maximum Gasteiger partial charge on any atom is 0.0707 e. The second-order valence-corrected chi connectivity index (χ2v) is 5.80. The Balaban J connectivity index is 2.23. The van der Waals surface area contributed by atoms with Crippen LogP contribution >= 0.6 is 0 Å². The van der Waals surface area contributed by atoms with Crippen molar-refractivity contribution in [2.45, 2.75) is 44.8 Å². The highest BCUT2D eigenvalue weighted by molar-refractivity contribution is 4.78. The molecular weight excluding hydrogens is 268 g/mol. The van der Waals surface area contributed by atoms with Gasteiger partial charge in [0, 0.05) is 47.0 Å². The Morgan fingerprint density at radius 2 is 1.86 bits per heavy atom. The molecule has 21 heavy (non-hydrogen) atoms. The van der Waals surface area contributed by atoms with Crippen molar-refractivity contribution in [1.29, 1.82) is 0 Å². The average molecular weight is 302 g/mol. The van der Waals surface area contributed by atoms with E-state index < -0.39 is 0 Å². The molecule has 1 saturated heterocycles. The van der Waals surface area contributed by atoms with Crippen LogP contribution in [0.4, 0.5) is 0 Å². The highest BCUT2D eigenvalue weighted by Gasteiger charge is 2.26. The monoisotopic (exact) mass is 302 g/mol. The summed E-state index contributed by atoms with van der Waals surface area (Å²) in [6.45, 7) is 8.90. The van der Waals surface area contributed by atoms with Crippen LogP contribution in [0.15, 0.2) is 0 Å². The smallest absolute Gasteiger partial charge is 0.0707 e. The molecule has 1 fully saturated rings. The van der Waals surface area contributed by atoms with Crippen LogP contribution in [-0.2, 0) is 14.2 Å². The van der Waals surface area contributed by atoms with Crippen LogP contribution in [0.2, 0.25) is 0 Å². The second kappa shape index (κ2) is 12.4. The van der Waals surface area contributed by atoms with Crippen molar-refractivity contribution < 1.29 is 14.2 Å². The van der Waals surface area contributed by atoms with Crippen LogP contribution in [0, 0.1) is 0 Å². The van der Waals surface area contributed by atoms with E-state index in [0.29, 0.717) is 12.2 Å². The van der Waals surface area contributed by atoms with Gasteiger partial charge in [0.25, 0.3) is 0 Å². The van der Waals surface area contributed by atoms with Crippen molar-refractivity contribution in [1.82, 2.24) is 10.2 Å². The molecule has 126 valence electrons. The summed E-state index contributed by atoms with van der Waals surface area (Å²) < 4.78 is 16.5. The Morgan fingerprint density at radius 3 is 2.57 bits per heavy atom. The first-order valence-corrected chi connectivity index (χ1v) is 8.36. The molecule has 0 bridgehead atoms. The Labute approximate surface area is 130 Å². The summed E-state index contributed by atoms with van der Waals surface area (Å²) in [6, 6.07) is 0. The molecule has 2 unspecified atom stereocenters. The lowest BCUT2D eigenvalue weighted by Crippen LogP contribution is -2.37. The number of hydrogen-bond acceptors (Lipinski definition) is 5. The number of rotatable bonds is 13. The van der Waals surface area contributed by atoms with Crippen LogP contribution in [0.1, 0.15) is 32.6 Å². The first kappa shape index (κ1) is 18.8. The summed E-state index contributed by atoms with van der Waals surface area (Å²) in [5.41, 5.74) is 0. The van der Waals surface area contributed by atoms with E-state index in [9.17, 15) is 0 Å². The molecule has 5 nitrogen and oxygen atoms in total. The maximum absolute atomic E-state index is 6.15. The van der Waals surface area contributed by atoms with Gasteiger partial charge in [-0.1, -0.05) is 6.92 Å². The lowest BCUT2D eigenvalue weighted by atomic mass is 10.2. The Morgan fingerprint density at radius 1 is 1.10 bits per heavy atom. The zero-order chi connectivity index (χ0) is 15.3. The van der Waals surface area contributed by atoms with Gasteiger partial charge in [-0.3, -0.25) is 4.90 Å². The summed E-state index contributed by atoms with van der Waals surface area (Å²) in [4.78, 5) is 2.44. The van der Waals surface area contributed by atoms with Crippen LogP contribution in [0.3, 0.4) is 0 Å². The third kappa shape index (κ3) is 8.73. The third-order valence-electron chi connectivity index (χ3n) is 3.89. The van der Waals surface area contributed by atoms with Crippen molar-refractivity contribution in [3.8, 4) is 0 Å². The molecule has 1 aliphatic heterocycles. The fraction of sp³-hybridized carbons (Fsp3) is 1.00. The molecule has 0 radical (unpaired) electrons. The number of nitrogens with zero attached hydrogens (tertiary/aromatic N) is 1. The molecule has 1 aliphatic rings. The first-order valence-electron chi connectivity index (χ1n) is 8.36. The van der Waals surface area contributed by atoms with Crippen molar-refractivity contribution in [2.24, 2.45) is 0 Å². The Hall–Kier alpha value is -0.200. The average Bonchev–Trinajstić information content (AvgIpc) is 2.92. The number of nitrogens with one attached hydrogen (secondary N) is 1. The normalized spacial score (nSPS) is 22.3.